The van der Waals surface area contributed by atoms with Gasteiger partial charge in [0.25, 0.3) is 0 Å². The van der Waals surface area contributed by atoms with Crippen LogP contribution in [0.2, 0.25) is 0 Å². The number of hydrogen-bond acceptors (Lipinski definition) is 4. The van der Waals surface area contributed by atoms with Crippen LogP contribution in [0.25, 0.3) is 0 Å². The second-order valence-electron chi connectivity index (χ2n) is 0.192. The Labute approximate surface area is 77.0 Å². The van der Waals surface area contributed by atoms with Crippen LogP contribution in [-0.4, -0.2) is 12.9 Å². The van der Waals surface area contributed by atoms with E-state index >= 15 is 0 Å². The maximum atomic E-state index is 8.25. The minimum atomic E-state index is -0.500. The van der Waals surface area contributed by atoms with E-state index in [0.717, 1.165) is 0 Å². The Morgan fingerprint density at radius 2 is 1.00 bits per heavy atom. The standard InChI is InChI=1S/2CH2O2.Ra/c2*2-1-3;/h2*1H,(H,2,3);/q;;+2/p-2. The molecule has 0 rings (SSSR count). The monoisotopic (exact) mass is 316 g/mol. The van der Waals surface area contributed by atoms with E-state index in [9.17, 15) is 0 Å². The van der Waals surface area contributed by atoms with Gasteiger partial charge >= 0.3 is 45.0 Å². The van der Waals surface area contributed by atoms with Crippen LogP contribution in [0, 0.1) is 45.0 Å². The molecule has 0 saturated heterocycles. The first-order valence-corrected chi connectivity index (χ1v) is 0.943. The van der Waals surface area contributed by atoms with Crippen molar-refractivity contribution in [3.63, 3.8) is 0 Å². The van der Waals surface area contributed by atoms with Crippen molar-refractivity contribution in [1.29, 1.82) is 0 Å². The maximum Gasteiger partial charge on any atom is 2.00 e. The quantitative estimate of drug-likeness (QED) is 0.439. The fourth-order valence-corrected chi connectivity index (χ4v) is 0. The molecule has 0 saturated carbocycles. The summed E-state index contributed by atoms with van der Waals surface area (Å²) in [6.45, 7) is -1.00. The molecule has 36 valence electrons. The molecule has 0 aromatic rings. The molecule has 5 heteroatoms. The van der Waals surface area contributed by atoms with E-state index in [0.29, 0.717) is 0 Å². The SMILES string of the molecule is O=C[O-].O=C[O-].[Ra+2]. The van der Waals surface area contributed by atoms with E-state index in [1.165, 1.54) is 0 Å². The summed E-state index contributed by atoms with van der Waals surface area (Å²) in [6.07, 6.45) is 0. The number of carboxylic acid groups (broad SMARTS) is 2. The van der Waals surface area contributed by atoms with Crippen molar-refractivity contribution >= 4 is 12.9 Å². The van der Waals surface area contributed by atoms with Gasteiger partial charge < -0.3 is 19.8 Å². The fraction of sp³-hybridized carbons (Fsp3) is 0. The van der Waals surface area contributed by atoms with Crippen LogP contribution in [-0.2, 0) is 9.59 Å². The average Bonchev–Trinajstić information content (AvgIpc) is 1.39. The van der Waals surface area contributed by atoms with E-state index < -0.39 is 12.9 Å². The summed E-state index contributed by atoms with van der Waals surface area (Å²) < 4.78 is 0. The van der Waals surface area contributed by atoms with E-state index in [-0.39, 0.29) is 45.0 Å². The van der Waals surface area contributed by atoms with Crippen LogP contribution in [0.5, 0.6) is 0 Å². The van der Waals surface area contributed by atoms with Crippen molar-refractivity contribution in [2.45, 2.75) is 0 Å². The molecule has 0 spiro atoms. The minimum absolute atomic E-state index is 0. The molecule has 0 radical (unpaired) electrons. The van der Waals surface area contributed by atoms with E-state index in [1.807, 2.05) is 0 Å². The van der Waals surface area contributed by atoms with Crippen LogP contribution in [0.3, 0.4) is 0 Å². The zero-order valence-corrected chi connectivity index (χ0v) is 9.31. The molecule has 0 aliphatic carbocycles. The average molecular weight is 316 g/mol. The van der Waals surface area contributed by atoms with Gasteiger partial charge in [-0.05, 0) is 0 Å². The summed E-state index contributed by atoms with van der Waals surface area (Å²) >= 11 is 0. The number of rotatable bonds is 0. The molecule has 7 heavy (non-hydrogen) atoms. The van der Waals surface area contributed by atoms with Crippen LogP contribution >= 0.6 is 0 Å². The Morgan fingerprint density at radius 1 is 1.00 bits per heavy atom. The maximum absolute atomic E-state index is 8.25. The van der Waals surface area contributed by atoms with Crippen LogP contribution in [0.15, 0.2) is 0 Å². The van der Waals surface area contributed by atoms with Crippen molar-refractivity contribution in [2.24, 2.45) is 0 Å². The summed E-state index contributed by atoms with van der Waals surface area (Å²) in [7, 11) is 0. The van der Waals surface area contributed by atoms with Gasteiger partial charge in [-0.1, -0.05) is 0 Å². The molecule has 0 unspecified atom stereocenters. The Morgan fingerprint density at radius 3 is 1.00 bits per heavy atom. The van der Waals surface area contributed by atoms with Crippen molar-refractivity contribution in [3.05, 3.63) is 0 Å². The molecule has 0 fully saturated rings. The molecule has 0 N–H and O–H groups in total. The fourth-order valence-electron chi connectivity index (χ4n) is 0. The predicted molar refractivity (Wildman–Crippen MR) is 12.1 cm³/mol. The summed E-state index contributed by atoms with van der Waals surface area (Å²) in [5, 5.41) is 16.5. The van der Waals surface area contributed by atoms with Gasteiger partial charge in [0.2, 0.25) is 0 Å². The van der Waals surface area contributed by atoms with Crippen LogP contribution in [0.4, 0.5) is 0 Å². The van der Waals surface area contributed by atoms with Gasteiger partial charge in [-0.25, -0.2) is 0 Å². The number of hydrogen-bond donors (Lipinski definition) is 0. The predicted octanol–water partition coefficient (Wildman–Crippen LogP) is -3.27. The van der Waals surface area contributed by atoms with Crippen molar-refractivity contribution in [3.8, 4) is 0 Å². The van der Waals surface area contributed by atoms with E-state index in [2.05, 4.69) is 0 Å². The van der Waals surface area contributed by atoms with Crippen molar-refractivity contribution in [2.75, 3.05) is 0 Å². The summed E-state index contributed by atoms with van der Waals surface area (Å²) in [5.74, 6) is 0. The topological polar surface area (TPSA) is 80.3 Å². The minimum Gasteiger partial charge on any atom is -0.554 e. The third-order valence-corrected chi connectivity index (χ3v) is 0. The largest absolute Gasteiger partial charge is 2.00 e. The van der Waals surface area contributed by atoms with Gasteiger partial charge in [0.15, 0.2) is 0 Å². The first-order valence-electron chi connectivity index (χ1n) is 0.943. The molecular weight excluding hydrogens is 314 g/mol. The Bertz CT molecular complexity index is 30.7. The molecule has 0 aromatic heterocycles. The second-order valence-corrected chi connectivity index (χ2v) is 0.192. The van der Waals surface area contributed by atoms with E-state index in [4.69, 9.17) is 19.8 Å². The van der Waals surface area contributed by atoms with Crippen LogP contribution < -0.4 is 10.2 Å². The van der Waals surface area contributed by atoms with Crippen LogP contribution in [0.1, 0.15) is 0 Å². The number of carbonyl (C=O) groups excluding carboxylic acids is 2. The van der Waals surface area contributed by atoms with E-state index in [1.54, 1.807) is 0 Å². The molecule has 0 heterocycles. The van der Waals surface area contributed by atoms with Crippen molar-refractivity contribution < 1.29 is 64.8 Å². The van der Waals surface area contributed by atoms with Gasteiger partial charge in [-0.2, -0.15) is 0 Å². The summed E-state index contributed by atoms with van der Waals surface area (Å²) in [5.41, 5.74) is 0. The van der Waals surface area contributed by atoms with Gasteiger partial charge in [0, 0.05) is 12.9 Å². The third-order valence-electron chi connectivity index (χ3n) is 0. The van der Waals surface area contributed by atoms with Gasteiger partial charge in [0.1, 0.15) is 0 Å². The first-order chi connectivity index (χ1) is 2.83. The molecular formula is C2H2O4Ra. The Kier molecular flexibility index (Phi) is 72.3. The number of carbonyl (C=O) groups is 2. The molecule has 0 aliphatic rings. The van der Waals surface area contributed by atoms with Gasteiger partial charge in [-0.3, -0.25) is 0 Å². The molecule has 0 amide bonds. The zero-order valence-electron chi connectivity index (χ0n) is 3.49. The normalized spacial score (nSPS) is 3.43. The van der Waals surface area contributed by atoms with Gasteiger partial charge in [-0.15, -0.1) is 0 Å². The summed E-state index contributed by atoms with van der Waals surface area (Å²) in [6, 6.07) is 0. The molecule has 0 aliphatic heterocycles. The third kappa shape index (κ3) is 749. The second kappa shape index (κ2) is 32.3. The Hall–Kier alpha value is 0.408. The van der Waals surface area contributed by atoms with Crippen molar-refractivity contribution in [1.82, 2.24) is 0 Å². The zero-order chi connectivity index (χ0) is 5.41. The molecule has 0 aromatic carbocycles. The molecule has 4 nitrogen and oxygen atoms in total. The Balaban J connectivity index is -0.0000000400. The smallest absolute Gasteiger partial charge is 0.554 e. The van der Waals surface area contributed by atoms with Gasteiger partial charge in [0.05, 0.1) is 0 Å². The summed E-state index contributed by atoms with van der Waals surface area (Å²) in [4.78, 5) is 16.5. The molecule has 0 bridgehead atoms. The first kappa shape index (κ1) is 15.7. The molecule has 0 atom stereocenters.